The number of H-pyrrole nitrogens is 1. The number of aryl methyl sites for hydroxylation is 2. The highest BCUT2D eigenvalue weighted by Gasteiger charge is 2.34. The Labute approximate surface area is 172 Å². The summed E-state index contributed by atoms with van der Waals surface area (Å²) in [5, 5.41) is 18.5. The van der Waals surface area contributed by atoms with E-state index in [-0.39, 0.29) is 5.91 Å². The first kappa shape index (κ1) is 20.1. The van der Waals surface area contributed by atoms with Crippen molar-refractivity contribution in [3.8, 4) is 0 Å². The molecule has 0 saturated carbocycles. The third-order valence-electron chi connectivity index (χ3n) is 6.61. The maximum Gasteiger partial charge on any atom is 0.227 e. The minimum atomic E-state index is -0.719. The molecule has 2 N–H and O–H groups in total. The summed E-state index contributed by atoms with van der Waals surface area (Å²) >= 11 is 0. The quantitative estimate of drug-likeness (QED) is 0.832. The minimum absolute atomic E-state index is 0.133. The number of β-amino-alcohol motifs (C(OH)–C–C–N with tert-alkyl or cyclic N) is 1. The predicted octanol–water partition coefficient (Wildman–Crippen LogP) is 2.37. The minimum Gasteiger partial charge on any atom is -0.388 e. The first-order chi connectivity index (χ1) is 13.9. The Morgan fingerprint density at radius 2 is 1.97 bits per heavy atom. The van der Waals surface area contributed by atoms with Crippen LogP contribution < -0.4 is 0 Å². The number of aromatic amines is 1. The molecule has 1 saturated heterocycles. The van der Waals surface area contributed by atoms with Gasteiger partial charge in [-0.05, 0) is 50.7 Å². The lowest BCUT2D eigenvalue weighted by Crippen LogP contribution is -2.45. The number of hydrogen-bond donors (Lipinski definition) is 2. The molecule has 1 aromatic carbocycles. The molecule has 156 valence electrons. The van der Waals surface area contributed by atoms with Crippen LogP contribution in [0.1, 0.15) is 47.3 Å². The summed E-state index contributed by atoms with van der Waals surface area (Å²) in [6, 6.07) is 8.60. The van der Waals surface area contributed by atoms with Crippen LogP contribution in [0.4, 0.5) is 0 Å². The number of carbonyl (C=O) groups is 1. The molecule has 2 aliphatic heterocycles. The molecule has 2 aromatic rings. The summed E-state index contributed by atoms with van der Waals surface area (Å²) in [6.07, 6.45) is 3.66. The monoisotopic (exact) mass is 396 g/mol. The van der Waals surface area contributed by atoms with Gasteiger partial charge in [0.25, 0.3) is 0 Å². The first-order valence-electron chi connectivity index (χ1n) is 10.7. The third kappa shape index (κ3) is 4.54. The molecule has 0 spiro atoms. The van der Waals surface area contributed by atoms with Gasteiger partial charge in [0.05, 0.1) is 17.7 Å². The van der Waals surface area contributed by atoms with Gasteiger partial charge >= 0.3 is 0 Å². The van der Waals surface area contributed by atoms with Crippen molar-refractivity contribution in [3.05, 3.63) is 52.3 Å². The van der Waals surface area contributed by atoms with E-state index in [1.807, 2.05) is 18.7 Å². The number of rotatable bonds is 4. The molecule has 1 unspecified atom stereocenters. The maximum absolute atomic E-state index is 12.9. The van der Waals surface area contributed by atoms with Crippen LogP contribution in [0, 0.1) is 13.8 Å². The number of hydrogen-bond acceptors (Lipinski definition) is 4. The van der Waals surface area contributed by atoms with Gasteiger partial charge in [-0.1, -0.05) is 24.3 Å². The largest absolute Gasteiger partial charge is 0.388 e. The van der Waals surface area contributed by atoms with Gasteiger partial charge in [0.1, 0.15) is 0 Å². The van der Waals surface area contributed by atoms with Gasteiger partial charge in [0.2, 0.25) is 5.91 Å². The van der Waals surface area contributed by atoms with Crippen molar-refractivity contribution in [2.24, 2.45) is 0 Å². The number of benzene rings is 1. The average Bonchev–Trinajstić information content (AvgIpc) is 2.90. The van der Waals surface area contributed by atoms with E-state index in [2.05, 4.69) is 39.4 Å². The van der Waals surface area contributed by atoms with Crippen molar-refractivity contribution in [1.82, 2.24) is 20.0 Å². The van der Waals surface area contributed by atoms with Crippen molar-refractivity contribution in [2.45, 2.75) is 58.1 Å². The third-order valence-corrected chi connectivity index (χ3v) is 6.61. The normalized spacial score (nSPS) is 22.9. The standard InChI is InChI=1S/C23H32N4O2/c1-17-21(18(2)25-24-17)14-22(28)27-11-5-9-23(29,10-13-27)16-26-12-8-19-6-3-4-7-20(19)15-26/h3-4,6-7,29H,5,8-16H2,1-2H3,(H,24,25). The molecule has 29 heavy (non-hydrogen) atoms. The Hall–Kier alpha value is -2.18. The van der Waals surface area contributed by atoms with Gasteiger partial charge in [-0.3, -0.25) is 14.8 Å². The zero-order chi connectivity index (χ0) is 20.4. The van der Waals surface area contributed by atoms with Crippen LogP contribution in [0.5, 0.6) is 0 Å². The summed E-state index contributed by atoms with van der Waals surface area (Å²) in [4.78, 5) is 17.2. The number of likely N-dealkylation sites (tertiary alicyclic amines) is 1. The van der Waals surface area contributed by atoms with Gasteiger partial charge in [-0.2, -0.15) is 5.10 Å². The van der Waals surface area contributed by atoms with Crippen molar-refractivity contribution in [2.75, 3.05) is 26.2 Å². The molecule has 0 aliphatic carbocycles. The van der Waals surface area contributed by atoms with Crippen LogP contribution in [0.3, 0.4) is 0 Å². The number of nitrogens with one attached hydrogen (secondary N) is 1. The lowest BCUT2D eigenvalue weighted by atomic mass is 9.92. The highest BCUT2D eigenvalue weighted by atomic mass is 16.3. The number of nitrogens with zero attached hydrogens (tertiary/aromatic N) is 3. The van der Waals surface area contributed by atoms with E-state index in [0.717, 1.165) is 55.8 Å². The maximum atomic E-state index is 12.9. The Bertz CT molecular complexity index is 858. The topological polar surface area (TPSA) is 72.5 Å². The molecule has 4 rings (SSSR count). The number of fused-ring (bicyclic) bond motifs is 1. The van der Waals surface area contributed by atoms with Gasteiger partial charge in [-0.15, -0.1) is 0 Å². The first-order valence-corrected chi connectivity index (χ1v) is 10.7. The smallest absolute Gasteiger partial charge is 0.227 e. The van der Waals surface area contributed by atoms with E-state index in [1.165, 1.54) is 11.1 Å². The van der Waals surface area contributed by atoms with Crippen LogP contribution in [-0.2, 0) is 24.2 Å². The zero-order valence-corrected chi connectivity index (χ0v) is 17.6. The number of aromatic nitrogens is 2. The Morgan fingerprint density at radius 1 is 1.17 bits per heavy atom. The molecule has 6 heteroatoms. The highest BCUT2D eigenvalue weighted by Crippen LogP contribution is 2.27. The van der Waals surface area contributed by atoms with Crippen molar-refractivity contribution >= 4 is 5.91 Å². The van der Waals surface area contributed by atoms with E-state index in [1.54, 1.807) is 0 Å². The lowest BCUT2D eigenvalue weighted by molar-refractivity contribution is -0.130. The Morgan fingerprint density at radius 3 is 2.72 bits per heavy atom. The fraction of sp³-hybridized carbons (Fsp3) is 0.565. The Kier molecular flexibility index (Phi) is 5.74. The van der Waals surface area contributed by atoms with E-state index >= 15 is 0 Å². The molecule has 6 nitrogen and oxygen atoms in total. The second kappa shape index (κ2) is 8.28. The predicted molar refractivity (Wildman–Crippen MR) is 113 cm³/mol. The van der Waals surface area contributed by atoms with Crippen LogP contribution in [-0.4, -0.2) is 62.8 Å². The summed E-state index contributed by atoms with van der Waals surface area (Å²) in [7, 11) is 0. The molecule has 1 atom stereocenters. The van der Waals surface area contributed by atoms with Crippen LogP contribution in [0.15, 0.2) is 24.3 Å². The van der Waals surface area contributed by atoms with Crippen molar-refractivity contribution < 1.29 is 9.90 Å². The fourth-order valence-electron chi connectivity index (χ4n) is 4.79. The van der Waals surface area contributed by atoms with Crippen LogP contribution in [0.2, 0.25) is 0 Å². The number of amides is 1. The fourth-order valence-corrected chi connectivity index (χ4v) is 4.79. The summed E-state index contributed by atoms with van der Waals surface area (Å²) < 4.78 is 0. The van der Waals surface area contributed by atoms with Crippen molar-refractivity contribution in [1.29, 1.82) is 0 Å². The van der Waals surface area contributed by atoms with E-state index in [0.29, 0.717) is 25.9 Å². The van der Waals surface area contributed by atoms with Gasteiger partial charge in [0, 0.05) is 44.0 Å². The van der Waals surface area contributed by atoms with E-state index in [4.69, 9.17) is 0 Å². The summed E-state index contributed by atoms with van der Waals surface area (Å²) in [5.74, 6) is 0.133. The summed E-state index contributed by atoms with van der Waals surface area (Å²) in [5.41, 5.74) is 4.95. The SMILES string of the molecule is Cc1n[nH]c(C)c1CC(=O)N1CCCC(O)(CN2CCc3ccccc3C2)CC1. The zero-order valence-electron chi connectivity index (χ0n) is 17.6. The molecular weight excluding hydrogens is 364 g/mol. The summed E-state index contributed by atoms with van der Waals surface area (Å²) in [6.45, 7) is 7.81. The number of aliphatic hydroxyl groups is 1. The number of carbonyl (C=O) groups excluding carboxylic acids is 1. The molecule has 0 bridgehead atoms. The van der Waals surface area contributed by atoms with E-state index < -0.39 is 5.60 Å². The van der Waals surface area contributed by atoms with Crippen LogP contribution >= 0.6 is 0 Å². The second-order valence-electron chi connectivity index (χ2n) is 8.78. The lowest BCUT2D eigenvalue weighted by Gasteiger charge is -2.36. The van der Waals surface area contributed by atoms with E-state index in [9.17, 15) is 9.90 Å². The second-order valence-corrected chi connectivity index (χ2v) is 8.78. The Balaban J connectivity index is 1.35. The van der Waals surface area contributed by atoms with Crippen molar-refractivity contribution in [3.63, 3.8) is 0 Å². The van der Waals surface area contributed by atoms with Gasteiger partial charge in [0.15, 0.2) is 0 Å². The average molecular weight is 397 g/mol. The molecule has 2 aliphatic rings. The van der Waals surface area contributed by atoms with Gasteiger partial charge < -0.3 is 10.0 Å². The molecule has 0 radical (unpaired) electrons. The highest BCUT2D eigenvalue weighted by molar-refractivity contribution is 5.79. The van der Waals surface area contributed by atoms with Gasteiger partial charge in [-0.25, -0.2) is 0 Å². The van der Waals surface area contributed by atoms with Crippen LogP contribution in [0.25, 0.3) is 0 Å². The molecule has 1 fully saturated rings. The molecular formula is C23H32N4O2. The molecule has 1 amide bonds. The molecule has 1 aromatic heterocycles. The molecule has 3 heterocycles.